The molecule has 1 atom stereocenters. The molecule has 0 aromatic heterocycles. The number of rotatable bonds is 5. The second-order valence-electron chi connectivity index (χ2n) is 6.24. The Morgan fingerprint density at radius 3 is 2.68 bits per heavy atom. The minimum Gasteiger partial charge on any atom is -0.388 e. The molecule has 0 radical (unpaired) electrons. The molecule has 5 heteroatoms. The van der Waals surface area contributed by atoms with Crippen molar-refractivity contribution in [3.05, 3.63) is 65.2 Å². The number of benzene rings is 2. The van der Waals surface area contributed by atoms with Crippen LogP contribution in [0, 0.1) is 0 Å². The standard InChI is InChI=1S/C20H22N2O3/c1-14(23)22-12-10-16-13-17(7-8-18(16)22)20(25)21-11-9-19(24)15-5-3-2-4-6-15/h2-8,13,19,24H,9-12H2,1H3,(H,21,25). The summed E-state index contributed by atoms with van der Waals surface area (Å²) in [6, 6.07) is 14.8. The van der Waals surface area contributed by atoms with Gasteiger partial charge in [0.25, 0.3) is 5.91 Å². The van der Waals surface area contributed by atoms with E-state index in [4.69, 9.17) is 0 Å². The molecule has 2 N–H and O–H groups in total. The maximum atomic E-state index is 12.3. The molecule has 1 aliphatic heterocycles. The molecule has 0 aliphatic carbocycles. The number of aliphatic hydroxyl groups is 1. The van der Waals surface area contributed by atoms with Gasteiger partial charge in [0.2, 0.25) is 5.91 Å². The Morgan fingerprint density at radius 2 is 1.96 bits per heavy atom. The van der Waals surface area contributed by atoms with E-state index < -0.39 is 6.10 Å². The number of fused-ring (bicyclic) bond motifs is 1. The molecule has 0 fully saturated rings. The maximum absolute atomic E-state index is 12.3. The molecular weight excluding hydrogens is 316 g/mol. The molecule has 3 rings (SSSR count). The van der Waals surface area contributed by atoms with Gasteiger partial charge in [-0.3, -0.25) is 9.59 Å². The number of hydrogen-bond acceptors (Lipinski definition) is 3. The van der Waals surface area contributed by atoms with Gasteiger partial charge < -0.3 is 15.3 Å². The molecule has 2 aromatic rings. The smallest absolute Gasteiger partial charge is 0.251 e. The van der Waals surface area contributed by atoms with Crippen molar-refractivity contribution in [2.24, 2.45) is 0 Å². The fraction of sp³-hybridized carbons (Fsp3) is 0.300. The first-order valence-corrected chi connectivity index (χ1v) is 8.48. The van der Waals surface area contributed by atoms with Gasteiger partial charge in [-0.15, -0.1) is 0 Å². The van der Waals surface area contributed by atoms with Crippen molar-refractivity contribution in [1.29, 1.82) is 0 Å². The van der Waals surface area contributed by atoms with E-state index in [1.54, 1.807) is 17.9 Å². The summed E-state index contributed by atoms with van der Waals surface area (Å²) in [6.45, 7) is 2.61. The van der Waals surface area contributed by atoms with Gasteiger partial charge in [0.05, 0.1) is 6.10 Å². The van der Waals surface area contributed by atoms with E-state index in [1.807, 2.05) is 42.5 Å². The van der Waals surface area contributed by atoms with Gasteiger partial charge in [0.1, 0.15) is 0 Å². The predicted octanol–water partition coefficient (Wildman–Crippen LogP) is 2.45. The van der Waals surface area contributed by atoms with Crippen LogP contribution in [0.25, 0.3) is 0 Å². The lowest BCUT2D eigenvalue weighted by Crippen LogP contribution is -2.26. The van der Waals surface area contributed by atoms with Crippen molar-refractivity contribution in [3.63, 3.8) is 0 Å². The predicted molar refractivity (Wildman–Crippen MR) is 96.5 cm³/mol. The van der Waals surface area contributed by atoms with Crippen LogP contribution in [-0.2, 0) is 11.2 Å². The fourth-order valence-electron chi connectivity index (χ4n) is 3.14. The Labute approximate surface area is 147 Å². The highest BCUT2D eigenvalue weighted by Gasteiger charge is 2.23. The summed E-state index contributed by atoms with van der Waals surface area (Å²) in [5.41, 5.74) is 3.34. The molecule has 0 bridgehead atoms. The first kappa shape index (κ1) is 17.2. The molecule has 1 aliphatic rings. The number of hydrogen-bond donors (Lipinski definition) is 2. The van der Waals surface area contributed by atoms with Crippen LogP contribution in [0.1, 0.15) is 40.9 Å². The summed E-state index contributed by atoms with van der Waals surface area (Å²) in [5, 5.41) is 13.0. The van der Waals surface area contributed by atoms with Gasteiger partial charge in [0, 0.05) is 31.3 Å². The molecule has 2 amide bonds. The lowest BCUT2D eigenvalue weighted by molar-refractivity contribution is -0.116. The third kappa shape index (κ3) is 3.88. The van der Waals surface area contributed by atoms with Gasteiger partial charge in [-0.25, -0.2) is 0 Å². The maximum Gasteiger partial charge on any atom is 0.251 e. The molecule has 0 spiro atoms. The molecule has 0 saturated carbocycles. The van der Waals surface area contributed by atoms with Crippen molar-refractivity contribution in [1.82, 2.24) is 5.32 Å². The second kappa shape index (κ2) is 7.49. The zero-order chi connectivity index (χ0) is 17.8. The lowest BCUT2D eigenvalue weighted by Gasteiger charge is -2.15. The number of carbonyl (C=O) groups excluding carboxylic acids is 2. The molecule has 2 aromatic carbocycles. The van der Waals surface area contributed by atoms with Crippen molar-refractivity contribution >= 4 is 17.5 Å². The zero-order valence-corrected chi connectivity index (χ0v) is 14.2. The number of amides is 2. The molecule has 5 nitrogen and oxygen atoms in total. The Kier molecular flexibility index (Phi) is 5.14. The van der Waals surface area contributed by atoms with Crippen molar-refractivity contribution in [3.8, 4) is 0 Å². The summed E-state index contributed by atoms with van der Waals surface area (Å²) < 4.78 is 0. The quantitative estimate of drug-likeness (QED) is 0.880. The normalized spacial score (nSPS) is 14.1. The van der Waals surface area contributed by atoms with Crippen LogP contribution < -0.4 is 10.2 Å². The van der Waals surface area contributed by atoms with Gasteiger partial charge in [-0.1, -0.05) is 30.3 Å². The highest BCUT2D eigenvalue weighted by molar-refractivity contribution is 5.97. The zero-order valence-electron chi connectivity index (χ0n) is 14.2. The van der Waals surface area contributed by atoms with Gasteiger partial charge in [0.15, 0.2) is 0 Å². The van der Waals surface area contributed by atoms with Gasteiger partial charge >= 0.3 is 0 Å². The lowest BCUT2D eigenvalue weighted by atomic mass is 10.1. The summed E-state index contributed by atoms with van der Waals surface area (Å²) in [6.07, 6.45) is 0.632. The van der Waals surface area contributed by atoms with E-state index in [0.717, 1.165) is 23.2 Å². The molecule has 130 valence electrons. The van der Waals surface area contributed by atoms with Crippen LogP contribution in [0.4, 0.5) is 5.69 Å². The number of nitrogens with zero attached hydrogens (tertiary/aromatic N) is 1. The van der Waals surface area contributed by atoms with Crippen LogP contribution >= 0.6 is 0 Å². The van der Waals surface area contributed by atoms with E-state index in [9.17, 15) is 14.7 Å². The molecule has 1 unspecified atom stereocenters. The number of carbonyl (C=O) groups is 2. The Hall–Kier alpha value is -2.66. The van der Waals surface area contributed by atoms with Crippen LogP contribution in [0.5, 0.6) is 0 Å². The van der Waals surface area contributed by atoms with Crippen molar-refractivity contribution in [2.45, 2.75) is 25.9 Å². The largest absolute Gasteiger partial charge is 0.388 e. The van der Waals surface area contributed by atoms with E-state index in [1.165, 1.54) is 0 Å². The summed E-state index contributed by atoms with van der Waals surface area (Å²) in [5.74, 6) is -0.143. The first-order valence-electron chi connectivity index (χ1n) is 8.48. The Balaban J connectivity index is 1.56. The van der Waals surface area contributed by atoms with Crippen LogP contribution in [-0.4, -0.2) is 30.0 Å². The summed E-state index contributed by atoms with van der Waals surface area (Å²) in [4.78, 5) is 25.6. The van der Waals surface area contributed by atoms with Crippen LogP contribution in [0.3, 0.4) is 0 Å². The first-order chi connectivity index (χ1) is 12.1. The number of anilines is 1. The average molecular weight is 338 g/mol. The monoisotopic (exact) mass is 338 g/mol. The number of nitrogens with one attached hydrogen (secondary N) is 1. The highest BCUT2D eigenvalue weighted by atomic mass is 16.3. The SMILES string of the molecule is CC(=O)N1CCc2cc(C(=O)NCCC(O)c3ccccc3)ccc21. The molecule has 25 heavy (non-hydrogen) atoms. The fourth-order valence-corrected chi connectivity index (χ4v) is 3.14. The highest BCUT2D eigenvalue weighted by Crippen LogP contribution is 2.28. The minimum atomic E-state index is -0.592. The molecule has 0 saturated heterocycles. The van der Waals surface area contributed by atoms with Crippen LogP contribution in [0.2, 0.25) is 0 Å². The topological polar surface area (TPSA) is 69.6 Å². The van der Waals surface area contributed by atoms with E-state index in [-0.39, 0.29) is 11.8 Å². The Bertz CT molecular complexity index is 774. The second-order valence-corrected chi connectivity index (χ2v) is 6.24. The van der Waals surface area contributed by atoms with Gasteiger partial charge in [-0.05, 0) is 42.2 Å². The minimum absolute atomic E-state index is 0.0193. The Morgan fingerprint density at radius 1 is 1.20 bits per heavy atom. The average Bonchev–Trinajstić information content (AvgIpc) is 3.05. The van der Waals surface area contributed by atoms with Crippen LogP contribution in [0.15, 0.2) is 48.5 Å². The van der Waals surface area contributed by atoms with E-state index in [2.05, 4.69) is 5.32 Å². The van der Waals surface area contributed by atoms with E-state index >= 15 is 0 Å². The van der Waals surface area contributed by atoms with Crippen molar-refractivity contribution < 1.29 is 14.7 Å². The molecular formula is C20H22N2O3. The summed E-state index contributed by atoms with van der Waals surface area (Å²) >= 11 is 0. The third-order valence-corrected chi connectivity index (χ3v) is 4.51. The third-order valence-electron chi connectivity index (χ3n) is 4.51. The molecule has 1 heterocycles. The van der Waals surface area contributed by atoms with Crippen molar-refractivity contribution in [2.75, 3.05) is 18.0 Å². The number of aliphatic hydroxyl groups excluding tert-OH is 1. The van der Waals surface area contributed by atoms with E-state index in [0.29, 0.717) is 25.1 Å². The van der Waals surface area contributed by atoms with Gasteiger partial charge in [-0.2, -0.15) is 0 Å². The summed E-state index contributed by atoms with van der Waals surface area (Å²) in [7, 11) is 0.